The highest BCUT2D eigenvalue weighted by Crippen LogP contribution is 2.29. The highest BCUT2D eigenvalue weighted by molar-refractivity contribution is 5.46. The van der Waals surface area contributed by atoms with Gasteiger partial charge < -0.3 is 10.1 Å². The molecule has 2 rings (SSSR count). The molecule has 21 heavy (non-hydrogen) atoms. The molecule has 0 fully saturated rings. The van der Waals surface area contributed by atoms with Crippen molar-refractivity contribution in [3.8, 4) is 11.6 Å². The van der Waals surface area contributed by atoms with Gasteiger partial charge in [0.15, 0.2) is 0 Å². The van der Waals surface area contributed by atoms with Gasteiger partial charge in [0.25, 0.3) is 0 Å². The van der Waals surface area contributed by atoms with Crippen LogP contribution in [0.5, 0.6) is 11.6 Å². The van der Waals surface area contributed by atoms with E-state index in [1.807, 2.05) is 12.1 Å². The third-order valence-corrected chi connectivity index (χ3v) is 3.64. The molecule has 1 aromatic heterocycles. The number of nitrogens with one attached hydrogen (secondary N) is 1. The van der Waals surface area contributed by atoms with Crippen LogP contribution >= 0.6 is 0 Å². The van der Waals surface area contributed by atoms with Crippen molar-refractivity contribution < 1.29 is 4.74 Å². The monoisotopic (exact) mass is 284 g/mol. The Hall–Kier alpha value is -1.87. The van der Waals surface area contributed by atoms with E-state index >= 15 is 0 Å². The molecule has 1 N–H and O–H groups in total. The number of benzene rings is 1. The van der Waals surface area contributed by atoms with E-state index in [1.165, 1.54) is 16.7 Å². The summed E-state index contributed by atoms with van der Waals surface area (Å²) in [6.45, 7) is 10.3. The van der Waals surface area contributed by atoms with E-state index in [9.17, 15) is 0 Å². The van der Waals surface area contributed by atoms with Crippen LogP contribution in [0.1, 0.15) is 35.6 Å². The lowest BCUT2D eigenvalue weighted by atomic mass is 10.1. The smallest absolute Gasteiger partial charge is 0.219 e. The van der Waals surface area contributed by atoms with Crippen molar-refractivity contribution in [2.45, 2.75) is 40.7 Å². The lowest BCUT2D eigenvalue weighted by Gasteiger charge is -2.13. The normalized spacial score (nSPS) is 10.7. The molecule has 0 unspecified atom stereocenters. The van der Waals surface area contributed by atoms with Crippen molar-refractivity contribution in [1.29, 1.82) is 0 Å². The van der Waals surface area contributed by atoms with Crippen LogP contribution in [0.25, 0.3) is 0 Å². The van der Waals surface area contributed by atoms with E-state index in [0.29, 0.717) is 5.88 Å². The number of nitrogens with zero attached hydrogens (tertiary/aromatic N) is 1. The molecular formula is C18H24N2O. The summed E-state index contributed by atoms with van der Waals surface area (Å²) < 4.78 is 6.03. The molecule has 0 aliphatic heterocycles. The number of rotatable bonds is 6. The first-order valence-electron chi connectivity index (χ1n) is 7.52. The standard InChI is InChI=1S/C18H24N2O/c1-5-9-19-12-16-8-10-20-17(11-16)21-18-14(3)7-6-13(2)15(18)4/h6-8,10-11,19H,5,9,12H2,1-4H3. The number of aryl methyl sites for hydroxylation is 2. The summed E-state index contributed by atoms with van der Waals surface area (Å²) in [6.07, 6.45) is 2.94. The molecule has 0 saturated carbocycles. The summed E-state index contributed by atoms with van der Waals surface area (Å²) in [5.74, 6) is 1.57. The van der Waals surface area contributed by atoms with Crippen LogP contribution in [0, 0.1) is 20.8 Å². The van der Waals surface area contributed by atoms with Gasteiger partial charge in [-0.25, -0.2) is 4.98 Å². The van der Waals surface area contributed by atoms with Gasteiger partial charge in [0.1, 0.15) is 5.75 Å². The van der Waals surface area contributed by atoms with Gasteiger partial charge in [-0.05, 0) is 62.1 Å². The Morgan fingerprint density at radius 1 is 1.10 bits per heavy atom. The fourth-order valence-corrected chi connectivity index (χ4v) is 2.21. The Kier molecular flexibility index (Phi) is 5.34. The second kappa shape index (κ2) is 7.23. The number of hydrogen-bond acceptors (Lipinski definition) is 3. The summed E-state index contributed by atoms with van der Waals surface area (Å²) in [4.78, 5) is 4.32. The fourth-order valence-electron chi connectivity index (χ4n) is 2.21. The molecular weight excluding hydrogens is 260 g/mol. The van der Waals surface area contributed by atoms with Crippen LogP contribution < -0.4 is 10.1 Å². The quantitative estimate of drug-likeness (QED) is 0.803. The summed E-state index contributed by atoms with van der Waals surface area (Å²) in [5.41, 5.74) is 4.73. The molecule has 1 heterocycles. The van der Waals surface area contributed by atoms with Crippen LogP contribution in [0.4, 0.5) is 0 Å². The molecule has 0 atom stereocenters. The molecule has 0 saturated heterocycles. The van der Waals surface area contributed by atoms with Gasteiger partial charge in [-0.2, -0.15) is 0 Å². The predicted molar refractivity (Wildman–Crippen MR) is 87.0 cm³/mol. The van der Waals surface area contributed by atoms with Gasteiger partial charge in [0.05, 0.1) is 0 Å². The zero-order valence-electron chi connectivity index (χ0n) is 13.4. The second-order valence-electron chi connectivity index (χ2n) is 5.43. The third kappa shape index (κ3) is 4.05. The van der Waals surface area contributed by atoms with Gasteiger partial charge in [0, 0.05) is 18.8 Å². The predicted octanol–water partition coefficient (Wildman–Crippen LogP) is 4.30. The Balaban J connectivity index is 2.17. The van der Waals surface area contributed by atoms with Crippen molar-refractivity contribution in [2.24, 2.45) is 0 Å². The van der Waals surface area contributed by atoms with Gasteiger partial charge in [-0.3, -0.25) is 0 Å². The van der Waals surface area contributed by atoms with Crippen LogP contribution in [-0.2, 0) is 6.54 Å². The number of pyridine rings is 1. The molecule has 3 heteroatoms. The first-order chi connectivity index (χ1) is 10.1. The van der Waals surface area contributed by atoms with E-state index in [0.717, 1.165) is 30.8 Å². The molecule has 1 aromatic carbocycles. The van der Waals surface area contributed by atoms with Crippen molar-refractivity contribution in [3.05, 3.63) is 52.7 Å². The topological polar surface area (TPSA) is 34.2 Å². The average molecular weight is 284 g/mol. The lowest BCUT2D eigenvalue weighted by Crippen LogP contribution is -2.13. The fraction of sp³-hybridized carbons (Fsp3) is 0.389. The van der Waals surface area contributed by atoms with E-state index < -0.39 is 0 Å². The highest BCUT2D eigenvalue weighted by atomic mass is 16.5. The maximum Gasteiger partial charge on any atom is 0.219 e. The van der Waals surface area contributed by atoms with Crippen molar-refractivity contribution in [1.82, 2.24) is 10.3 Å². The molecule has 0 spiro atoms. The first kappa shape index (κ1) is 15.5. The molecule has 112 valence electrons. The van der Waals surface area contributed by atoms with E-state index in [2.05, 4.69) is 50.1 Å². The molecule has 0 aliphatic rings. The summed E-state index contributed by atoms with van der Waals surface area (Å²) in [5, 5.41) is 3.39. The molecule has 0 amide bonds. The minimum absolute atomic E-state index is 0.655. The highest BCUT2D eigenvalue weighted by Gasteiger charge is 2.08. The largest absolute Gasteiger partial charge is 0.438 e. The Bertz CT molecular complexity index is 608. The molecule has 3 nitrogen and oxygen atoms in total. The van der Waals surface area contributed by atoms with Gasteiger partial charge in [-0.1, -0.05) is 19.1 Å². The molecule has 0 aliphatic carbocycles. The Labute approximate surface area is 127 Å². The minimum Gasteiger partial charge on any atom is -0.438 e. The number of ether oxygens (including phenoxy) is 1. The van der Waals surface area contributed by atoms with Crippen LogP contribution in [-0.4, -0.2) is 11.5 Å². The lowest BCUT2D eigenvalue weighted by molar-refractivity contribution is 0.454. The molecule has 0 radical (unpaired) electrons. The summed E-state index contributed by atoms with van der Waals surface area (Å²) in [7, 11) is 0. The number of hydrogen-bond donors (Lipinski definition) is 1. The van der Waals surface area contributed by atoms with Crippen LogP contribution in [0.3, 0.4) is 0 Å². The van der Waals surface area contributed by atoms with Crippen molar-refractivity contribution in [3.63, 3.8) is 0 Å². The zero-order chi connectivity index (χ0) is 15.2. The maximum absolute atomic E-state index is 6.03. The summed E-state index contributed by atoms with van der Waals surface area (Å²) >= 11 is 0. The van der Waals surface area contributed by atoms with Gasteiger partial charge in [-0.15, -0.1) is 0 Å². The van der Waals surface area contributed by atoms with Crippen LogP contribution in [0.2, 0.25) is 0 Å². The number of aromatic nitrogens is 1. The van der Waals surface area contributed by atoms with E-state index in [4.69, 9.17) is 4.74 Å². The zero-order valence-corrected chi connectivity index (χ0v) is 13.4. The Morgan fingerprint density at radius 3 is 2.62 bits per heavy atom. The van der Waals surface area contributed by atoms with Gasteiger partial charge in [0.2, 0.25) is 5.88 Å². The van der Waals surface area contributed by atoms with E-state index in [1.54, 1.807) is 6.20 Å². The van der Waals surface area contributed by atoms with Gasteiger partial charge >= 0.3 is 0 Å². The average Bonchev–Trinajstić information content (AvgIpc) is 2.48. The third-order valence-electron chi connectivity index (χ3n) is 3.64. The Morgan fingerprint density at radius 2 is 1.86 bits per heavy atom. The van der Waals surface area contributed by atoms with Crippen molar-refractivity contribution in [2.75, 3.05) is 6.54 Å². The SMILES string of the molecule is CCCNCc1ccnc(Oc2c(C)ccc(C)c2C)c1. The van der Waals surface area contributed by atoms with Crippen molar-refractivity contribution >= 4 is 0 Å². The maximum atomic E-state index is 6.03. The van der Waals surface area contributed by atoms with Crippen LogP contribution in [0.15, 0.2) is 30.5 Å². The summed E-state index contributed by atoms with van der Waals surface area (Å²) in [6, 6.07) is 8.23. The molecule has 2 aromatic rings. The van der Waals surface area contributed by atoms with E-state index in [-0.39, 0.29) is 0 Å². The molecule has 0 bridgehead atoms. The second-order valence-corrected chi connectivity index (χ2v) is 5.43. The first-order valence-corrected chi connectivity index (χ1v) is 7.52. The minimum atomic E-state index is 0.655.